The number of rotatable bonds is 12. The summed E-state index contributed by atoms with van der Waals surface area (Å²) in [6.07, 6.45) is 0.185. The molecule has 2 N–H and O–H groups in total. The largest absolute Gasteiger partial charge is 0.455 e. The van der Waals surface area contributed by atoms with Crippen LogP contribution in [0.4, 0.5) is 9.18 Å². The van der Waals surface area contributed by atoms with Gasteiger partial charge in [-0.2, -0.15) is 0 Å². The number of halogens is 1. The number of benzene rings is 1. The van der Waals surface area contributed by atoms with Crippen LogP contribution < -0.4 is 0 Å². The van der Waals surface area contributed by atoms with Crippen molar-refractivity contribution in [1.29, 1.82) is 0 Å². The number of fused-ring (bicyclic) bond motifs is 2. The fourth-order valence-corrected chi connectivity index (χ4v) is 10.3. The number of aromatic amines is 1. The van der Waals surface area contributed by atoms with Crippen molar-refractivity contribution in [3.05, 3.63) is 47.9 Å². The van der Waals surface area contributed by atoms with Crippen molar-refractivity contribution in [2.75, 3.05) is 27.7 Å². The predicted molar refractivity (Wildman–Crippen MR) is 230 cm³/mol. The van der Waals surface area contributed by atoms with Crippen molar-refractivity contribution in [2.45, 2.75) is 160 Å². The summed E-state index contributed by atoms with van der Waals surface area (Å²) in [5.41, 5.74) is -3.26. The van der Waals surface area contributed by atoms with E-state index in [0.29, 0.717) is 32.2 Å². The third kappa shape index (κ3) is 9.58. The van der Waals surface area contributed by atoms with Crippen LogP contribution >= 0.6 is 0 Å². The first-order valence-corrected chi connectivity index (χ1v) is 22.3. The molecule has 2 aromatic heterocycles. The SMILES string of the molecule is CCC1OC(=O)[C@@](C)(F)C(=O)C(C)[C@@H](OC2OC(C)CC(N(C)C)[C@H]2O)[C@@](C)(OC)C[C@@H](C)C(=O)[C@H](C)[C@H]2N(CCCCn3cc(Cc4c[nH]c5ccccc45)nn3)C(=O)O[C@]12C. The van der Waals surface area contributed by atoms with Gasteiger partial charge < -0.3 is 43.6 Å². The van der Waals surface area contributed by atoms with E-state index in [1.54, 1.807) is 39.3 Å². The van der Waals surface area contributed by atoms with Crippen molar-refractivity contribution < 1.29 is 52.4 Å². The molecule has 5 unspecified atom stereocenters. The van der Waals surface area contributed by atoms with Crippen LogP contribution in [0.15, 0.2) is 36.7 Å². The van der Waals surface area contributed by atoms with E-state index in [1.165, 1.54) is 18.9 Å². The molecule has 16 nitrogen and oxygen atoms in total. The van der Waals surface area contributed by atoms with Gasteiger partial charge in [0.1, 0.15) is 18.0 Å². The van der Waals surface area contributed by atoms with Crippen LogP contribution in [0, 0.1) is 17.8 Å². The topological polar surface area (TPSA) is 188 Å². The highest BCUT2D eigenvalue weighted by atomic mass is 19.1. The molecule has 348 valence electrons. The fourth-order valence-electron chi connectivity index (χ4n) is 10.3. The maximum absolute atomic E-state index is 17.0. The van der Waals surface area contributed by atoms with E-state index < -0.39 is 83.1 Å². The summed E-state index contributed by atoms with van der Waals surface area (Å²) in [6.45, 7) is 13.3. The lowest BCUT2D eigenvalue weighted by Crippen LogP contribution is -2.61. The van der Waals surface area contributed by atoms with E-state index in [4.69, 9.17) is 23.7 Å². The third-order valence-electron chi connectivity index (χ3n) is 13.9. The third-order valence-corrected chi connectivity index (χ3v) is 13.9. The highest BCUT2D eigenvalue weighted by Gasteiger charge is 2.61. The molecule has 5 heterocycles. The van der Waals surface area contributed by atoms with Gasteiger partial charge in [-0.05, 0) is 85.5 Å². The smallest absolute Gasteiger partial charge is 0.410 e. The maximum Gasteiger partial charge on any atom is 0.410 e. The number of likely N-dealkylation sites (N-methyl/N-ethyl adjacent to an activating group) is 1. The Labute approximate surface area is 369 Å². The number of nitrogens with one attached hydrogen (secondary N) is 1. The number of aliphatic hydroxyl groups is 1. The number of amides is 1. The van der Waals surface area contributed by atoms with Crippen LogP contribution in [-0.4, -0.2) is 146 Å². The number of esters is 1. The predicted octanol–water partition coefficient (Wildman–Crippen LogP) is 5.43. The Hall–Kier alpha value is -4.29. The number of ketones is 2. The minimum Gasteiger partial charge on any atom is -0.455 e. The Bertz CT molecular complexity index is 2110. The molecule has 63 heavy (non-hydrogen) atoms. The molecule has 3 aliphatic rings. The number of hydrogen-bond donors (Lipinski definition) is 2. The first-order valence-electron chi connectivity index (χ1n) is 22.3. The molecule has 13 atom stereocenters. The highest BCUT2D eigenvalue weighted by molar-refractivity contribution is 6.08. The van der Waals surface area contributed by atoms with Crippen LogP contribution in [-0.2, 0) is 51.0 Å². The van der Waals surface area contributed by atoms with Crippen molar-refractivity contribution >= 4 is 34.5 Å². The van der Waals surface area contributed by atoms with E-state index in [1.807, 2.05) is 56.5 Å². The quantitative estimate of drug-likeness (QED) is 0.133. The first-order chi connectivity index (χ1) is 29.7. The van der Waals surface area contributed by atoms with Crippen LogP contribution in [0.25, 0.3) is 10.9 Å². The van der Waals surface area contributed by atoms with E-state index in [0.717, 1.165) is 29.1 Å². The summed E-state index contributed by atoms with van der Waals surface area (Å²) in [5.74, 6) is -5.82. The van der Waals surface area contributed by atoms with Gasteiger partial charge in [0.15, 0.2) is 17.7 Å². The molecule has 1 aromatic carbocycles. The standard InChI is InChI=1S/C46H67FN6O10/c1-12-35-46(8)38(53(43(58)63-46)20-16-15-19-52-25-31(49-50-52)22-30-24-48-33-18-14-13-17-32(30)33)28(4)36(54)26(2)23-44(6,59-11)40(29(5)39(56)45(7,47)42(57)61-35)62-41-37(55)34(51(9)10)21-27(3)60-41/h13-14,17-18,24-29,34-35,37-38,40-41,48,55H,12,15-16,19-23H2,1-11H3/t26-,27?,28+,29?,34?,35?,37-,38-,40-,41?,44+,45+,46-/m1/s1. The van der Waals surface area contributed by atoms with E-state index in [2.05, 4.69) is 21.4 Å². The second-order valence-corrected chi connectivity index (χ2v) is 18.8. The Morgan fingerprint density at radius 3 is 2.41 bits per heavy atom. The molecule has 0 saturated carbocycles. The number of carbonyl (C=O) groups excluding carboxylic acids is 4. The maximum atomic E-state index is 17.0. The van der Waals surface area contributed by atoms with Gasteiger partial charge in [0.25, 0.3) is 5.67 Å². The van der Waals surface area contributed by atoms with Crippen molar-refractivity contribution in [1.82, 2.24) is 29.8 Å². The van der Waals surface area contributed by atoms with Gasteiger partial charge in [-0.1, -0.05) is 51.1 Å². The summed E-state index contributed by atoms with van der Waals surface area (Å²) < 4.78 is 49.4. The molecule has 1 amide bonds. The zero-order valence-electron chi connectivity index (χ0n) is 38.6. The van der Waals surface area contributed by atoms with Crippen LogP contribution in [0.2, 0.25) is 0 Å². The Balaban J connectivity index is 1.25. The van der Waals surface area contributed by atoms with Crippen LogP contribution in [0.3, 0.4) is 0 Å². The molecule has 3 fully saturated rings. The summed E-state index contributed by atoms with van der Waals surface area (Å²) in [5, 5.41) is 21.3. The Kier molecular flexibility index (Phi) is 14.6. The molecule has 0 radical (unpaired) electrons. The number of aromatic nitrogens is 4. The van der Waals surface area contributed by atoms with Crippen molar-refractivity contribution in [3.63, 3.8) is 0 Å². The zero-order valence-corrected chi connectivity index (χ0v) is 38.6. The van der Waals surface area contributed by atoms with Gasteiger partial charge in [0.05, 0.1) is 29.5 Å². The normalized spacial score (nSPS) is 36.1. The number of alkyl halides is 1. The summed E-state index contributed by atoms with van der Waals surface area (Å²) >= 11 is 0. The van der Waals surface area contributed by atoms with E-state index >= 15 is 4.39 Å². The Morgan fingerprint density at radius 2 is 1.73 bits per heavy atom. The lowest BCUT2D eigenvalue weighted by molar-refractivity contribution is -0.295. The minimum atomic E-state index is -3.18. The molecule has 6 rings (SSSR count). The van der Waals surface area contributed by atoms with E-state index in [-0.39, 0.29) is 37.3 Å². The molecule has 3 saturated heterocycles. The summed E-state index contributed by atoms with van der Waals surface area (Å²) in [6, 6.07) is 6.77. The first kappa shape index (κ1) is 48.2. The number of hydrogen-bond acceptors (Lipinski definition) is 13. The molecular formula is C46H67FN6O10. The molecular weight excluding hydrogens is 816 g/mol. The lowest BCUT2D eigenvalue weighted by Gasteiger charge is -2.47. The lowest BCUT2D eigenvalue weighted by atomic mass is 9.73. The number of ether oxygens (including phenoxy) is 5. The van der Waals surface area contributed by atoms with Crippen LogP contribution in [0.5, 0.6) is 0 Å². The number of unbranched alkanes of at least 4 members (excludes halogenated alkanes) is 1. The summed E-state index contributed by atoms with van der Waals surface area (Å²) in [4.78, 5) is 63.6. The Morgan fingerprint density at radius 1 is 1.03 bits per heavy atom. The van der Waals surface area contributed by atoms with Gasteiger partial charge >= 0.3 is 12.1 Å². The average Bonchev–Trinajstić information content (AvgIpc) is 3.95. The fraction of sp³-hybridized carbons (Fsp3) is 0.696. The van der Waals surface area contributed by atoms with Gasteiger partial charge in [-0.3, -0.25) is 14.3 Å². The number of carbonyl (C=O) groups is 4. The number of aliphatic hydroxyl groups excluding tert-OH is 1. The summed E-state index contributed by atoms with van der Waals surface area (Å²) in [7, 11) is 5.05. The number of methoxy groups -OCH3 is 1. The van der Waals surface area contributed by atoms with Crippen molar-refractivity contribution in [3.8, 4) is 0 Å². The van der Waals surface area contributed by atoms with E-state index in [9.17, 15) is 24.3 Å². The number of para-hydroxylation sites is 1. The second kappa shape index (κ2) is 19.0. The molecule has 0 spiro atoms. The molecule has 3 aliphatic heterocycles. The van der Waals surface area contributed by atoms with Crippen LogP contribution in [0.1, 0.15) is 98.8 Å². The van der Waals surface area contributed by atoms with Gasteiger partial charge in [-0.15, -0.1) is 5.10 Å². The van der Waals surface area contributed by atoms with Gasteiger partial charge in [-0.25, -0.2) is 14.0 Å². The number of Topliss-reactive ketones (excluding diaryl/α,β-unsaturated/α-hetero) is 2. The molecule has 17 heteroatoms. The number of cyclic esters (lactones) is 1. The number of H-pyrrole nitrogens is 1. The average molecular weight is 883 g/mol. The second-order valence-electron chi connectivity index (χ2n) is 18.8. The number of aryl methyl sites for hydroxylation is 1. The van der Waals surface area contributed by atoms with Gasteiger partial charge in [0, 0.05) is 73.7 Å². The zero-order chi connectivity index (χ0) is 46.2. The molecule has 0 bridgehead atoms. The van der Waals surface area contributed by atoms with Gasteiger partial charge in [0.2, 0.25) is 0 Å². The number of nitrogens with zero attached hydrogens (tertiary/aromatic N) is 5. The minimum absolute atomic E-state index is 0.00642. The van der Waals surface area contributed by atoms with Crippen molar-refractivity contribution in [2.24, 2.45) is 17.8 Å². The molecule has 3 aromatic rings. The monoisotopic (exact) mass is 882 g/mol. The molecule has 0 aliphatic carbocycles. The highest BCUT2D eigenvalue weighted by Crippen LogP contribution is 2.44.